The van der Waals surface area contributed by atoms with E-state index in [1.54, 1.807) is 0 Å². The van der Waals surface area contributed by atoms with E-state index in [0.717, 1.165) is 19.0 Å². The monoisotopic (exact) mass is 156 g/mol. The number of rotatable bonds is 2. The Kier molecular flexibility index (Phi) is 3.87. The third kappa shape index (κ3) is 3.21. The van der Waals surface area contributed by atoms with Crippen LogP contribution in [0.3, 0.4) is 0 Å². The van der Waals surface area contributed by atoms with Gasteiger partial charge in [0.15, 0.2) is 0 Å². The van der Waals surface area contributed by atoms with E-state index in [-0.39, 0.29) is 0 Å². The lowest BCUT2D eigenvalue weighted by Gasteiger charge is -2.18. The molecule has 2 heteroatoms. The normalized spacial score (nSPS) is 28.4. The Labute approximate surface area is 69.8 Å². The molecule has 1 rings (SSSR count). The van der Waals surface area contributed by atoms with Crippen LogP contribution in [-0.4, -0.2) is 31.1 Å². The Balaban J connectivity index is 2.22. The zero-order valence-corrected chi connectivity index (χ0v) is 7.55. The number of hydrogen-bond acceptors (Lipinski definition) is 2. The molecule has 0 aromatic carbocycles. The molecule has 2 nitrogen and oxygen atoms in total. The van der Waals surface area contributed by atoms with Crippen LogP contribution >= 0.6 is 0 Å². The second-order valence-corrected chi connectivity index (χ2v) is 3.67. The van der Waals surface area contributed by atoms with Gasteiger partial charge in [0.2, 0.25) is 0 Å². The van der Waals surface area contributed by atoms with Gasteiger partial charge in [-0.1, -0.05) is 6.92 Å². The Morgan fingerprint density at radius 2 is 2.18 bits per heavy atom. The predicted molar refractivity (Wildman–Crippen MR) is 48.5 cm³/mol. The summed E-state index contributed by atoms with van der Waals surface area (Å²) in [6, 6.07) is 0. The summed E-state index contributed by atoms with van der Waals surface area (Å²) in [5.74, 6) is 0.928. The maximum Gasteiger partial charge on any atom is 0.0105 e. The fraction of sp³-hybridized carbons (Fsp3) is 1.00. The van der Waals surface area contributed by atoms with Crippen molar-refractivity contribution in [3.8, 4) is 0 Å². The molecule has 1 fully saturated rings. The summed E-state index contributed by atoms with van der Waals surface area (Å²) in [6.07, 6.45) is 4.13. The molecule has 11 heavy (non-hydrogen) atoms. The van der Waals surface area contributed by atoms with Crippen LogP contribution in [0.25, 0.3) is 0 Å². The molecule has 1 saturated heterocycles. The molecule has 0 aromatic rings. The van der Waals surface area contributed by atoms with E-state index >= 15 is 0 Å². The van der Waals surface area contributed by atoms with Gasteiger partial charge in [-0.2, -0.15) is 0 Å². The zero-order chi connectivity index (χ0) is 8.10. The molecule has 66 valence electrons. The SMILES string of the molecule is CC1CCCN(CCN)CC1. The number of nitrogens with zero attached hydrogens (tertiary/aromatic N) is 1. The minimum atomic E-state index is 0.814. The highest BCUT2D eigenvalue weighted by molar-refractivity contribution is 4.67. The van der Waals surface area contributed by atoms with Gasteiger partial charge in [-0.25, -0.2) is 0 Å². The van der Waals surface area contributed by atoms with Crippen LogP contribution in [0.15, 0.2) is 0 Å². The smallest absolute Gasteiger partial charge is 0.0105 e. The maximum atomic E-state index is 5.50. The first kappa shape index (κ1) is 9.01. The van der Waals surface area contributed by atoms with Crippen molar-refractivity contribution in [3.05, 3.63) is 0 Å². The van der Waals surface area contributed by atoms with E-state index in [9.17, 15) is 0 Å². The first-order valence-corrected chi connectivity index (χ1v) is 4.75. The summed E-state index contributed by atoms with van der Waals surface area (Å²) >= 11 is 0. The zero-order valence-electron chi connectivity index (χ0n) is 7.55. The van der Waals surface area contributed by atoms with Crippen molar-refractivity contribution in [3.63, 3.8) is 0 Å². The number of hydrogen-bond donors (Lipinski definition) is 1. The average Bonchev–Trinajstić information content (AvgIpc) is 2.17. The summed E-state index contributed by atoms with van der Waals surface area (Å²) in [5, 5.41) is 0. The molecule has 1 heterocycles. The van der Waals surface area contributed by atoms with Crippen molar-refractivity contribution in [1.29, 1.82) is 0 Å². The highest BCUT2D eigenvalue weighted by Crippen LogP contribution is 2.15. The lowest BCUT2D eigenvalue weighted by atomic mass is 10.0. The van der Waals surface area contributed by atoms with Crippen LogP contribution in [0.5, 0.6) is 0 Å². The van der Waals surface area contributed by atoms with Gasteiger partial charge in [-0.05, 0) is 38.3 Å². The van der Waals surface area contributed by atoms with Crippen molar-refractivity contribution in [2.75, 3.05) is 26.2 Å². The standard InChI is InChI=1S/C9H20N2/c1-9-3-2-6-11(7-4-9)8-5-10/h9H,2-8,10H2,1H3. The molecule has 1 aliphatic heterocycles. The Morgan fingerprint density at radius 3 is 2.91 bits per heavy atom. The molecule has 0 aliphatic carbocycles. The summed E-state index contributed by atoms with van der Waals surface area (Å²) in [6.45, 7) is 6.78. The molecule has 0 spiro atoms. The van der Waals surface area contributed by atoms with E-state index in [4.69, 9.17) is 5.73 Å². The third-order valence-electron chi connectivity index (χ3n) is 2.55. The fourth-order valence-electron chi connectivity index (χ4n) is 1.73. The lowest BCUT2D eigenvalue weighted by molar-refractivity contribution is 0.289. The molecular weight excluding hydrogens is 136 g/mol. The minimum Gasteiger partial charge on any atom is -0.329 e. The molecule has 0 amide bonds. The summed E-state index contributed by atoms with van der Waals surface area (Å²) in [7, 11) is 0. The average molecular weight is 156 g/mol. The van der Waals surface area contributed by atoms with Crippen molar-refractivity contribution in [2.24, 2.45) is 11.7 Å². The summed E-state index contributed by atoms with van der Waals surface area (Å²) in [5.41, 5.74) is 5.50. The predicted octanol–water partition coefficient (Wildman–Crippen LogP) is 1.07. The van der Waals surface area contributed by atoms with Crippen LogP contribution in [0.1, 0.15) is 26.2 Å². The van der Waals surface area contributed by atoms with E-state index in [1.807, 2.05) is 0 Å². The molecule has 0 radical (unpaired) electrons. The van der Waals surface area contributed by atoms with Crippen molar-refractivity contribution in [2.45, 2.75) is 26.2 Å². The van der Waals surface area contributed by atoms with Gasteiger partial charge in [-0.3, -0.25) is 0 Å². The maximum absolute atomic E-state index is 5.50. The first-order chi connectivity index (χ1) is 5.33. The molecule has 1 unspecified atom stereocenters. The van der Waals surface area contributed by atoms with Gasteiger partial charge in [-0.15, -0.1) is 0 Å². The molecule has 1 aliphatic rings. The van der Waals surface area contributed by atoms with E-state index < -0.39 is 0 Å². The summed E-state index contributed by atoms with van der Waals surface area (Å²) in [4.78, 5) is 2.49. The highest BCUT2D eigenvalue weighted by Gasteiger charge is 2.11. The van der Waals surface area contributed by atoms with Gasteiger partial charge >= 0.3 is 0 Å². The topological polar surface area (TPSA) is 29.3 Å². The molecule has 0 aromatic heterocycles. The third-order valence-corrected chi connectivity index (χ3v) is 2.55. The van der Waals surface area contributed by atoms with E-state index in [0.29, 0.717) is 0 Å². The van der Waals surface area contributed by atoms with Gasteiger partial charge in [0.1, 0.15) is 0 Å². The van der Waals surface area contributed by atoms with Crippen molar-refractivity contribution < 1.29 is 0 Å². The molecule has 0 bridgehead atoms. The van der Waals surface area contributed by atoms with E-state index in [2.05, 4.69) is 11.8 Å². The van der Waals surface area contributed by atoms with Gasteiger partial charge < -0.3 is 10.6 Å². The Bertz CT molecular complexity index is 104. The molecule has 0 saturated carbocycles. The lowest BCUT2D eigenvalue weighted by Crippen LogP contribution is -2.30. The van der Waals surface area contributed by atoms with Crippen LogP contribution < -0.4 is 5.73 Å². The largest absolute Gasteiger partial charge is 0.329 e. The van der Waals surface area contributed by atoms with Gasteiger partial charge in [0.25, 0.3) is 0 Å². The second kappa shape index (κ2) is 4.73. The minimum absolute atomic E-state index is 0.814. The number of likely N-dealkylation sites (tertiary alicyclic amines) is 1. The van der Waals surface area contributed by atoms with Crippen LogP contribution in [0.4, 0.5) is 0 Å². The van der Waals surface area contributed by atoms with E-state index in [1.165, 1.54) is 32.4 Å². The molecule has 2 N–H and O–H groups in total. The first-order valence-electron chi connectivity index (χ1n) is 4.75. The number of nitrogens with two attached hydrogens (primary N) is 1. The van der Waals surface area contributed by atoms with Gasteiger partial charge in [0, 0.05) is 13.1 Å². The van der Waals surface area contributed by atoms with Crippen molar-refractivity contribution in [1.82, 2.24) is 4.90 Å². The molecule has 1 atom stereocenters. The fourth-order valence-corrected chi connectivity index (χ4v) is 1.73. The van der Waals surface area contributed by atoms with Crippen molar-refractivity contribution >= 4 is 0 Å². The highest BCUT2D eigenvalue weighted by atomic mass is 15.1. The summed E-state index contributed by atoms with van der Waals surface area (Å²) < 4.78 is 0. The molecular formula is C9H20N2. The Hall–Kier alpha value is -0.0800. The quantitative estimate of drug-likeness (QED) is 0.648. The van der Waals surface area contributed by atoms with Crippen LogP contribution in [0.2, 0.25) is 0 Å². The van der Waals surface area contributed by atoms with Crippen LogP contribution in [-0.2, 0) is 0 Å². The Morgan fingerprint density at radius 1 is 1.36 bits per heavy atom. The van der Waals surface area contributed by atoms with Crippen LogP contribution in [0, 0.1) is 5.92 Å². The second-order valence-electron chi connectivity index (χ2n) is 3.67. The van der Waals surface area contributed by atoms with Gasteiger partial charge in [0.05, 0.1) is 0 Å².